The van der Waals surface area contributed by atoms with Crippen LogP contribution in [0.15, 0.2) is 24.3 Å². The summed E-state index contributed by atoms with van der Waals surface area (Å²) in [7, 11) is 2.04. The molecular weight excluding hydrogens is 270 g/mol. The van der Waals surface area contributed by atoms with Gasteiger partial charge >= 0.3 is 0 Å². The van der Waals surface area contributed by atoms with E-state index in [1.165, 1.54) is 37.7 Å². The molecule has 0 bridgehead atoms. The number of hydrogen-bond acceptors (Lipinski definition) is 2. The molecule has 0 aliphatic carbocycles. The van der Waals surface area contributed by atoms with Crippen LogP contribution in [-0.2, 0) is 11.2 Å². The molecule has 0 aromatic heterocycles. The molecule has 2 nitrogen and oxygen atoms in total. The lowest BCUT2D eigenvalue weighted by molar-refractivity contribution is 0.101. The van der Waals surface area contributed by atoms with Crippen LogP contribution >= 0.6 is 11.6 Å². The van der Waals surface area contributed by atoms with E-state index in [1.54, 1.807) is 0 Å². The first-order valence-corrected chi connectivity index (χ1v) is 8.16. The zero-order valence-corrected chi connectivity index (χ0v) is 13.2. The number of rotatable bonds is 8. The minimum absolute atomic E-state index is 0.528. The quantitative estimate of drug-likeness (QED) is 0.781. The number of benzene rings is 1. The van der Waals surface area contributed by atoms with E-state index in [-0.39, 0.29) is 0 Å². The molecule has 3 heteroatoms. The molecule has 2 unspecified atom stereocenters. The molecule has 1 heterocycles. The molecule has 0 saturated carbocycles. The standard InChI is InChI=1S/C17H26ClNO/c1-19-13-15(4-2-5-17-6-3-11-20-17)12-14-7-9-16(18)10-8-14/h7-10,15,17,19H,2-6,11-13H2,1H3. The lowest BCUT2D eigenvalue weighted by Crippen LogP contribution is -2.21. The maximum Gasteiger partial charge on any atom is 0.0576 e. The van der Waals surface area contributed by atoms with Gasteiger partial charge in [-0.25, -0.2) is 0 Å². The number of ether oxygens (including phenoxy) is 1. The van der Waals surface area contributed by atoms with Crippen LogP contribution < -0.4 is 5.32 Å². The van der Waals surface area contributed by atoms with Gasteiger partial charge in [-0.15, -0.1) is 0 Å². The Labute approximate surface area is 127 Å². The number of hydrogen-bond donors (Lipinski definition) is 1. The van der Waals surface area contributed by atoms with Crippen LogP contribution in [-0.4, -0.2) is 26.3 Å². The first-order chi connectivity index (χ1) is 9.78. The Morgan fingerprint density at radius 1 is 1.35 bits per heavy atom. The van der Waals surface area contributed by atoms with E-state index in [2.05, 4.69) is 17.4 Å². The molecule has 2 rings (SSSR count). The summed E-state index contributed by atoms with van der Waals surface area (Å²) in [6, 6.07) is 8.26. The Morgan fingerprint density at radius 3 is 2.80 bits per heavy atom. The molecule has 1 aromatic rings. The van der Waals surface area contributed by atoms with Gasteiger partial charge in [-0.2, -0.15) is 0 Å². The molecule has 20 heavy (non-hydrogen) atoms. The van der Waals surface area contributed by atoms with E-state index < -0.39 is 0 Å². The van der Waals surface area contributed by atoms with Crippen LogP contribution in [0.1, 0.15) is 37.7 Å². The van der Waals surface area contributed by atoms with Gasteiger partial charge in [0.1, 0.15) is 0 Å². The molecule has 1 saturated heterocycles. The molecule has 1 aromatic carbocycles. The Bertz CT molecular complexity index is 373. The third kappa shape index (κ3) is 5.43. The van der Waals surface area contributed by atoms with Crippen LogP contribution in [0.2, 0.25) is 5.02 Å². The summed E-state index contributed by atoms with van der Waals surface area (Å²) < 4.78 is 5.70. The molecule has 0 amide bonds. The molecule has 1 aliphatic heterocycles. The van der Waals surface area contributed by atoms with E-state index in [1.807, 2.05) is 19.2 Å². The van der Waals surface area contributed by atoms with Crippen molar-refractivity contribution < 1.29 is 4.74 Å². The van der Waals surface area contributed by atoms with Crippen molar-refractivity contribution in [1.82, 2.24) is 5.32 Å². The van der Waals surface area contributed by atoms with Crippen molar-refractivity contribution in [3.05, 3.63) is 34.9 Å². The highest BCUT2D eigenvalue weighted by Gasteiger charge is 2.16. The van der Waals surface area contributed by atoms with Crippen molar-refractivity contribution >= 4 is 11.6 Å². The lowest BCUT2D eigenvalue weighted by Gasteiger charge is -2.18. The van der Waals surface area contributed by atoms with Crippen molar-refractivity contribution in [2.24, 2.45) is 5.92 Å². The van der Waals surface area contributed by atoms with Gasteiger partial charge in [0, 0.05) is 11.6 Å². The van der Waals surface area contributed by atoms with Crippen molar-refractivity contribution in [3.8, 4) is 0 Å². The largest absolute Gasteiger partial charge is 0.378 e. The average Bonchev–Trinajstić information content (AvgIpc) is 2.95. The highest BCUT2D eigenvalue weighted by atomic mass is 35.5. The first kappa shape index (κ1) is 15.8. The summed E-state index contributed by atoms with van der Waals surface area (Å²) in [6.07, 6.45) is 7.92. The molecule has 2 atom stereocenters. The minimum Gasteiger partial charge on any atom is -0.378 e. The SMILES string of the molecule is CNCC(CCCC1CCCO1)Cc1ccc(Cl)cc1. The van der Waals surface area contributed by atoms with Crippen molar-refractivity contribution in [2.75, 3.05) is 20.2 Å². The summed E-state index contributed by atoms with van der Waals surface area (Å²) in [5.41, 5.74) is 1.38. The molecular formula is C17H26ClNO. The predicted molar refractivity (Wildman–Crippen MR) is 85.4 cm³/mol. The summed E-state index contributed by atoms with van der Waals surface area (Å²) in [4.78, 5) is 0. The monoisotopic (exact) mass is 295 g/mol. The molecule has 1 aliphatic rings. The second-order valence-electron chi connectivity index (χ2n) is 5.82. The lowest BCUT2D eigenvalue weighted by atomic mass is 9.93. The van der Waals surface area contributed by atoms with E-state index in [0.29, 0.717) is 12.0 Å². The van der Waals surface area contributed by atoms with Gasteiger partial charge in [-0.1, -0.05) is 30.2 Å². The second kappa shape index (κ2) is 8.66. The van der Waals surface area contributed by atoms with Crippen LogP contribution in [0.5, 0.6) is 0 Å². The van der Waals surface area contributed by atoms with E-state index >= 15 is 0 Å². The molecule has 112 valence electrons. The molecule has 1 fully saturated rings. The number of halogens is 1. The van der Waals surface area contributed by atoms with Crippen molar-refractivity contribution in [2.45, 2.75) is 44.6 Å². The first-order valence-electron chi connectivity index (χ1n) is 7.78. The van der Waals surface area contributed by atoms with Gasteiger partial charge in [0.2, 0.25) is 0 Å². The van der Waals surface area contributed by atoms with Gasteiger partial charge in [0.25, 0.3) is 0 Å². The normalized spacial score (nSPS) is 20.2. The van der Waals surface area contributed by atoms with Gasteiger partial charge in [0.05, 0.1) is 6.10 Å². The summed E-state index contributed by atoms with van der Waals surface area (Å²) in [5.74, 6) is 0.697. The van der Waals surface area contributed by atoms with E-state index in [4.69, 9.17) is 16.3 Å². The molecule has 0 spiro atoms. The zero-order valence-electron chi connectivity index (χ0n) is 12.4. The second-order valence-corrected chi connectivity index (χ2v) is 6.26. The van der Waals surface area contributed by atoms with Crippen LogP contribution in [0.3, 0.4) is 0 Å². The summed E-state index contributed by atoms with van der Waals surface area (Å²) in [5, 5.41) is 4.14. The topological polar surface area (TPSA) is 21.3 Å². The predicted octanol–water partition coefficient (Wildman–Crippen LogP) is 4.07. The van der Waals surface area contributed by atoms with Crippen molar-refractivity contribution in [1.29, 1.82) is 0 Å². The summed E-state index contributed by atoms with van der Waals surface area (Å²) in [6.45, 7) is 2.05. The Morgan fingerprint density at radius 2 is 2.15 bits per heavy atom. The zero-order chi connectivity index (χ0) is 14.2. The van der Waals surface area contributed by atoms with E-state index in [0.717, 1.165) is 24.6 Å². The molecule has 0 radical (unpaired) electrons. The van der Waals surface area contributed by atoms with Crippen molar-refractivity contribution in [3.63, 3.8) is 0 Å². The third-order valence-corrected chi connectivity index (χ3v) is 4.34. The van der Waals surface area contributed by atoms with E-state index in [9.17, 15) is 0 Å². The van der Waals surface area contributed by atoms with Crippen LogP contribution in [0.25, 0.3) is 0 Å². The fraction of sp³-hybridized carbons (Fsp3) is 0.647. The van der Waals surface area contributed by atoms with Gasteiger partial charge in [-0.05, 0) is 69.3 Å². The summed E-state index contributed by atoms with van der Waals surface area (Å²) >= 11 is 5.94. The van der Waals surface area contributed by atoms with Gasteiger partial charge < -0.3 is 10.1 Å². The van der Waals surface area contributed by atoms with Gasteiger partial charge in [-0.3, -0.25) is 0 Å². The smallest absolute Gasteiger partial charge is 0.0576 e. The van der Waals surface area contributed by atoms with Crippen LogP contribution in [0, 0.1) is 5.92 Å². The third-order valence-electron chi connectivity index (χ3n) is 4.09. The Balaban J connectivity index is 1.75. The maximum atomic E-state index is 5.94. The molecule has 1 N–H and O–H groups in total. The minimum atomic E-state index is 0.528. The fourth-order valence-electron chi connectivity index (χ4n) is 3.02. The van der Waals surface area contributed by atoms with Gasteiger partial charge in [0.15, 0.2) is 0 Å². The van der Waals surface area contributed by atoms with Crippen LogP contribution in [0.4, 0.5) is 0 Å². The number of nitrogens with one attached hydrogen (secondary N) is 1. The Kier molecular flexibility index (Phi) is 6.85. The maximum absolute atomic E-state index is 5.94. The fourth-order valence-corrected chi connectivity index (χ4v) is 3.15. The Hall–Kier alpha value is -0.570. The highest BCUT2D eigenvalue weighted by molar-refractivity contribution is 6.30. The highest BCUT2D eigenvalue weighted by Crippen LogP contribution is 2.21. The average molecular weight is 296 g/mol.